The Kier molecular flexibility index (Phi) is 4.27. The molecule has 0 aliphatic carbocycles. The van der Waals surface area contributed by atoms with Crippen LogP contribution in [0.3, 0.4) is 0 Å². The van der Waals surface area contributed by atoms with Crippen molar-refractivity contribution in [3.05, 3.63) is 58.3 Å². The summed E-state index contributed by atoms with van der Waals surface area (Å²) in [5, 5.41) is 10.0. The molecule has 1 aromatic carbocycles. The van der Waals surface area contributed by atoms with Crippen molar-refractivity contribution in [2.45, 2.75) is 0 Å². The lowest BCUT2D eigenvalue weighted by Crippen LogP contribution is -2.08. The highest BCUT2D eigenvalue weighted by molar-refractivity contribution is 5.58. The lowest BCUT2D eigenvalue weighted by Gasteiger charge is -2.12. The van der Waals surface area contributed by atoms with Crippen molar-refractivity contribution in [2.24, 2.45) is 0 Å². The Morgan fingerprint density at radius 2 is 2.06 bits per heavy atom. The van der Waals surface area contributed by atoms with E-state index in [1.807, 2.05) is 49.3 Å². The zero-order valence-corrected chi connectivity index (χ0v) is 9.33. The van der Waals surface area contributed by atoms with Gasteiger partial charge >= 0.3 is 0 Å². The molecule has 0 saturated carbocycles. The average molecular weight is 218 g/mol. The van der Waals surface area contributed by atoms with Crippen molar-refractivity contribution in [3.8, 4) is 0 Å². The molecule has 0 aliphatic rings. The van der Waals surface area contributed by atoms with E-state index in [0.29, 0.717) is 0 Å². The maximum Gasteiger partial charge on any atom is 0.234 e. The summed E-state index contributed by atoms with van der Waals surface area (Å²) in [5.74, 6) is 0. The second-order valence-electron chi connectivity index (χ2n) is 3.48. The van der Waals surface area contributed by atoms with Gasteiger partial charge < -0.3 is 4.90 Å². The third-order valence-electron chi connectivity index (χ3n) is 1.99. The molecule has 0 heterocycles. The highest BCUT2D eigenvalue weighted by atomic mass is 16.6. The summed E-state index contributed by atoms with van der Waals surface area (Å²) in [5.41, 5.74) is 2.11. The summed E-state index contributed by atoms with van der Waals surface area (Å²) >= 11 is 0. The molecular weight excluding hydrogens is 204 g/mol. The molecular formula is C12H14N2O2. The second-order valence-corrected chi connectivity index (χ2v) is 3.48. The molecule has 0 spiro atoms. The van der Waals surface area contributed by atoms with Crippen LogP contribution in [0.4, 0.5) is 5.69 Å². The number of hydrogen-bond donors (Lipinski definition) is 0. The molecule has 1 aromatic rings. The van der Waals surface area contributed by atoms with Crippen LogP contribution in [0.15, 0.2) is 42.6 Å². The molecule has 0 saturated heterocycles. The largest absolute Gasteiger partial charge is 0.378 e. The summed E-state index contributed by atoms with van der Waals surface area (Å²) < 4.78 is 0. The van der Waals surface area contributed by atoms with E-state index in [1.165, 1.54) is 6.08 Å². The quantitative estimate of drug-likeness (QED) is 0.443. The topological polar surface area (TPSA) is 46.4 Å². The molecule has 0 aliphatic heterocycles. The Morgan fingerprint density at radius 3 is 2.69 bits per heavy atom. The van der Waals surface area contributed by atoms with Crippen LogP contribution >= 0.6 is 0 Å². The Morgan fingerprint density at radius 1 is 1.31 bits per heavy atom. The Bertz CT molecular complexity index is 423. The monoisotopic (exact) mass is 218 g/mol. The van der Waals surface area contributed by atoms with Crippen LogP contribution in [0.25, 0.3) is 6.08 Å². The minimum absolute atomic E-state index is 0.486. The van der Waals surface area contributed by atoms with Crippen LogP contribution in [-0.4, -0.2) is 19.0 Å². The maximum atomic E-state index is 10.0. The van der Waals surface area contributed by atoms with Crippen molar-refractivity contribution in [2.75, 3.05) is 19.0 Å². The first-order chi connectivity index (χ1) is 7.59. The summed E-state index contributed by atoms with van der Waals surface area (Å²) in [6, 6.07) is 7.91. The first-order valence-electron chi connectivity index (χ1n) is 4.85. The number of anilines is 1. The van der Waals surface area contributed by atoms with Crippen molar-refractivity contribution in [1.82, 2.24) is 0 Å². The van der Waals surface area contributed by atoms with Crippen LogP contribution in [-0.2, 0) is 0 Å². The summed E-state index contributed by atoms with van der Waals surface area (Å²) in [7, 11) is 3.94. The Labute approximate surface area is 94.7 Å². The first-order valence-corrected chi connectivity index (χ1v) is 4.85. The highest BCUT2D eigenvalue weighted by Gasteiger charge is 1.94. The molecule has 0 fully saturated rings. The molecule has 0 unspecified atom stereocenters. The van der Waals surface area contributed by atoms with E-state index in [-0.39, 0.29) is 0 Å². The van der Waals surface area contributed by atoms with Gasteiger partial charge in [-0.05, 0) is 17.7 Å². The van der Waals surface area contributed by atoms with Gasteiger partial charge in [-0.25, -0.2) is 0 Å². The minimum Gasteiger partial charge on any atom is -0.378 e. The van der Waals surface area contributed by atoms with Gasteiger partial charge in [-0.2, -0.15) is 0 Å². The number of hydrogen-bond acceptors (Lipinski definition) is 3. The molecule has 4 heteroatoms. The number of rotatable bonds is 4. The molecule has 0 amide bonds. The third kappa shape index (κ3) is 3.96. The molecule has 0 aromatic heterocycles. The molecule has 0 bridgehead atoms. The minimum atomic E-state index is -0.486. The third-order valence-corrected chi connectivity index (χ3v) is 1.99. The first kappa shape index (κ1) is 12.0. The lowest BCUT2D eigenvalue weighted by molar-refractivity contribution is -0.402. The van der Waals surface area contributed by atoms with Crippen LogP contribution in [0.2, 0.25) is 0 Å². The van der Waals surface area contributed by atoms with E-state index < -0.39 is 4.92 Å². The maximum absolute atomic E-state index is 10.0. The fraction of sp³-hybridized carbons (Fsp3) is 0.167. The van der Waals surface area contributed by atoms with Crippen LogP contribution in [0, 0.1) is 10.1 Å². The Hall–Kier alpha value is -2.10. The van der Waals surface area contributed by atoms with Crippen LogP contribution in [0.5, 0.6) is 0 Å². The molecule has 16 heavy (non-hydrogen) atoms. The summed E-state index contributed by atoms with van der Waals surface area (Å²) in [6.45, 7) is 0. The van der Waals surface area contributed by atoms with Gasteiger partial charge in [-0.1, -0.05) is 24.3 Å². The van der Waals surface area contributed by atoms with Crippen molar-refractivity contribution in [3.63, 3.8) is 0 Å². The van der Waals surface area contributed by atoms with E-state index >= 15 is 0 Å². The van der Waals surface area contributed by atoms with Gasteiger partial charge in [0, 0.05) is 25.9 Å². The molecule has 0 N–H and O–H groups in total. The van der Waals surface area contributed by atoms with E-state index in [2.05, 4.69) is 0 Å². The molecule has 0 atom stereocenters. The van der Waals surface area contributed by atoms with Gasteiger partial charge in [0.15, 0.2) is 0 Å². The molecule has 1 rings (SSSR count). The zero-order valence-electron chi connectivity index (χ0n) is 9.33. The van der Waals surface area contributed by atoms with Crippen molar-refractivity contribution >= 4 is 11.8 Å². The highest BCUT2D eigenvalue weighted by Crippen LogP contribution is 2.14. The predicted molar refractivity (Wildman–Crippen MR) is 65.9 cm³/mol. The smallest absolute Gasteiger partial charge is 0.234 e. The van der Waals surface area contributed by atoms with Gasteiger partial charge in [0.05, 0.1) is 4.92 Å². The van der Waals surface area contributed by atoms with Crippen LogP contribution in [0.1, 0.15) is 5.56 Å². The van der Waals surface area contributed by atoms with E-state index in [1.54, 1.807) is 6.08 Å². The molecule has 0 radical (unpaired) electrons. The number of nitrogens with zero attached hydrogens (tertiary/aromatic N) is 2. The second kappa shape index (κ2) is 5.70. The SMILES string of the molecule is CN(C)c1cccc(C=CC=C[N+](=O)[O-])c1. The van der Waals surface area contributed by atoms with Gasteiger partial charge in [0.1, 0.15) is 0 Å². The Balaban J connectivity index is 2.74. The van der Waals surface area contributed by atoms with Crippen LogP contribution < -0.4 is 4.90 Å². The number of benzene rings is 1. The lowest BCUT2D eigenvalue weighted by atomic mass is 10.2. The average Bonchev–Trinajstić information content (AvgIpc) is 2.24. The molecule has 4 nitrogen and oxygen atoms in total. The summed E-state index contributed by atoms with van der Waals surface area (Å²) in [6.07, 6.45) is 5.79. The van der Waals surface area contributed by atoms with Crippen molar-refractivity contribution in [1.29, 1.82) is 0 Å². The number of allylic oxidation sites excluding steroid dienone is 2. The van der Waals surface area contributed by atoms with Gasteiger partial charge in [-0.3, -0.25) is 10.1 Å². The fourth-order valence-corrected chi connectivity index (χ4v) is 1.19. The van der Waals surface area contributed by atoms with Gasteiger partial charge in [-0.15, -0.1) is 0 Å². The normalized spacial score (nSPS) is 11.1. The standard InChI is InChI=1S/C12H14N2O2/c1-13(2)12-8-5-7-11(10-12)6-3-4-9-14(15)16/h3-10H,1-2H3. The zero-order chi connectivity index (χ0) is 12.0. The summed E-state index contributed by atoms with van der Waals surface area (Å²) in [4.78, 5) is 11.6. The fourth-order valence-electron chi connectivity index (χ4n) is 1.19. The van der Waals surface area contributed by atoms with Crippen molar-refractivity contribution < 1.29 is 4.92 Å². The van der Waals surface area contributed by atoms with E-state index in [4.69, 9.17) is 0 Å². The van der Waals surface area contributed by atoms with Gasteiger partial charge in [0.25, 0.3) is 0 Å². The van der Waals surface area contributed by atoms with E-state index in [9.17, 15) is 10.1 Å². The predicted octanol–water partition coefficient (Wildman–Crippen LogP) is 2.56. The molecule has 84 valence electrons. The van der Waals surface area contributed by atoms with Gasteiger partial charge in [0.2, 0.25) is 6.20 Å². The number of nitro groups is 1. The van der Waals surface area contributed by atoms with E-state index in [0.717, 1.165) is 17.5 Å².